The van der Waals surface area contributed by atoms with E-state index in [-0.39, 0.29) is 12.5 Å². The third-order valence-corrected chi connectivity index (χ3v) is 3.08. The third-order valence-electron chi connectivity index (χ3n) is 3.08. The summed E-state index contributed by atoms with van der Waals surface area (Å²) in [6.45, 7) is 7.45. The van der Waals surface area contributed by atoms with Crippen LogP contribution in [0.5, 0.6) is 5.75 Å². The topological polar surface area (TPSA) is 58.6 Å². The van der Waals surface area contributed by atoms with E-state index in [1.54, 1.807) is 13.8 Å². The molecule has 0 bridgehead atoms. The first-order valence-corrected chi connectivity index (χ1v) is 6.57. The molecule has 2 N–H and O–H groups in total. The van der Waals surface area contributed by atoms with Crippen LogP contribution in [0.15, 0.2) is 24.3 Å². The lowest BCUT2D eigenvalue weighted by atomic mass is 10.0. The van der Waals surface area contributed by atoms with Gasteiger partial charge >= 0.3 is 0 Å². The molecule has 0 saturated heterocycles. The van der Waals surface area contributed by atoms with Crippen LogP contribution < -0.4 is 10.1 Å². The van der Waals surface area contributed by atoms with E-state index in [9.17, 15) is 9.90 Å². The van der Waals surface area contributed by atoms with Crippen LogP contribution in [0.25, 0.3) is 0 Å². The van der Waals surface area contributed by atoms with Gasteiger partial charge in [0.15, 0.2) is 6.10 Å². The Morgan fingerprint density at radius 2 is 2.21 bits per heavy atom. The summed E-state index contributed by atoms with van der Waals surface area (Å²) in [4.78, 5) is 11.8. The van der Waals surface area contributed by atoms with Gasteiger partial charge < -0.3 is 15.2 Å². The van der Waals surface area contributed by atoms with Gasteiger partial charge in [0.05, 0.1) is 5.60 Å². The summed E-state index contributed by atoms with van der Waals surface area (Å²) in [6, 6.07) is 7.55. The van der Waals surface area contributed by atoms with Crippen molar-refractivity contribution < 1.29 is 14.6 Å². The van der Waals surface area contributed by atoms with Crippen molar-refractivity contribution in [2.24, 2.45) is 0 Å². The zero-order chi connectivity index (χ0) is 14.5. The molecule has 0 radical (unpaired) electrons. The largest absolute Gasteiger partial charge is 0.481 e. The number of rotatable bonds is 6. The number of aliphatic hydroxyl groups is 1. The monoisotopic (exact) mass is 265 g/mol. The number of amides is 1. The predicted octanol–water partition coefficient (Wildman–Crippen LogP) is 2.04. The quantitative estimate of drug-likeness (QED) is 0.827. The first kappa shape index (κ1) is 15.5. The molecule has 19 heavy (non-hydrogen) atoms. The van der Waals surface area contributed by atoms with Crippen molar-refractivity contribution in [2.75, 3.05) is 6.54 Å². The zero-order valence-corrected chi connectivity index (χ0v) is 12.1. The molecular formula is C15H23NO3. The molecule has 0 fully saturated rings. The van der Waals surface area contributed by atoms with Gasteiger partial charge in [-0.15, -0.1) is 0 Å². The molecule has 0 aliphatic rings. The Hall–Kier alpha value is -1.55. The number of aryl methyl sites for hydroxylation is 1. The van der Waals surface area contributed by atoms with Gasteiger partial charge in [-0.1, -0.05) is 19.1 Å². The minimum Gasteiger partial charge on any atom is -0.481 e. The van der Waals surface area contributed by atoms with E-state index in [4.69, 9.17) is 4.74 Å². The first-order chi connectivity index (χ1) is 8.84. The van der Waals surface area contributed by atoms with Gasteiger partial charge in [-0.2, -0.15) is 0 Å². The molecule has 0 saturated carbocycles. The van der Waals surface area contributed by atoms with Crippen LogP contribution in [0.3, 0.4) is 0 Å². The van der Waals surface area contributed by atoms with E-state index in [1.165, 1.54) is 0 Å². The van der Waals surface area contributed by atoms with E-state index in [0.29, 0.717) is 12.2 Å². The summed E-state index contributed by atoms with van der Waals surface area (Å²) in [5.41, 5.74) is 0.206. The molecule has 106 valence electrons. The van der Waals surface area contributed by atoms with Gasteiger partial charge in [-0.05, 0) is 44.9 Å². The number of ether oxygens (including phenoxy) is 1. The van der Waals surface area contributed by atoms with Crippen molar-refractivity contribution in [2.45, 2.75) is 45.8 Å². The number of nitrogens with one attached hydrogen (secondary N) is 1. The molecule has 2 atom stereocenters. The van der Waals surface area contributed by atoms with E-state index in [0.717, 1.165) is 5.56 Å². The molecule has 1 aromatic carbocycles. The van der Waals surface area contributed by atoms with Crippen LogP contribution in [0.1, 0.15) is 32.8 Å². The second kappa shape index (κ2) is 6.57. The van der Waals surface area contributed by atoms with Crippen molar-refractivity contribution >= 4 is 5.91 Å². The van der Waals surface area contributed by atoms with Crippen LogP contribution in [-0.4, -0.2) is 29.3 Å². The molecule has 2 unspecified atom stereocenters. The Kier molecular flexibility index (Phi) is 5.36. The van der Waals surface area contributed by atoms with Crippen molar-refractivity contribution in [1.82, 2.24) is 5.32 Å². The SMILES string of the molecule is CCC(C)(O)CNC(=O)C(C)Oc1cccc(C)c1. The maximum Gasteiger partial charge on any atom is 0.260 e. The lowest BCUT2D eigenvalue weighted by molar-refractivity contribution is -0.128. The van der Waals surface area contributed by atoms with Crippen LogP contribution in [0, 0.1) is 6.92 Å². The summed E-state index contributed by atoms with van der Waals surface area (Å²) in [5.74, 6) is 0.445. The highest BCUT2D eigenvalue weighted by atomic mass is 16.5. The summed E-state index contributed by atoms with van der Waals surface area (Å²) in [7, 11) is 0. The summed E-state index contributed by atoms with van der Waals surface area (Å²) >= 11 is 0. The van der Waals surface area contributed by atoms with E-state index < -0.39 is 11.7 Å². The zero-order valence-electron chi connectivity index (χ0n) is 12.1. The lowest BCUT2D eigenvalue weighted by Crippen LogP contribution is -2.44. The summed E-state index contributed by atoms with van der Waals surface area (Å²) in [6.07, 6.45) is -0.00474. The van der Waals surface area contributed by atoms with Crippen molar-refractivity contribution in [3.63, 3.8) is 0 Å². The Morgan fingerprint density at radius 1 is 1.53 bits per heavy atom. The van der Waals surface area contributed by atoms with Gasteiger partial charge in [-0.25, -0.2) is 0 Å². The molecular weight excluding hydrogens is 242 g/mol. The Bertz CT molecular complexity index is 429. The Balaban J connectivity index is 2.49. The number of carbonyl (C=O) groups excluding carboxylic acids is 1. The highest BCUT2D eigenvalue weighted by Gasteiger charge is 2.21. The summed E-state index contributed by atoms with van der Waals surface area (Å²) in [5, 5.41) is 12.5. The first-order valence-electron chi connectivity index (χ1n) is 6.57. The molecule has 4 nitrogen and oxygen atoms in total. The fourth-order valence-corrected chi connectivity index (χ4v) is 1.49. The van der Waals surface area contributed by atoms with Gasteiger partial charge in [0.1, 0.15) is 5.75 Å². The number of carbonyl (C=O) groups is 1. The second-order valence-corrected chi connectivity index (χ2v) is 5.14. The number of benzene rings is 1. The van der Waals surface area contributed by atoms with Crippen LogP contribution in [0.4, 0.5) is 0 Å². The average molecular weight is 265 g/mol. The predicted molar refractivity (Wildman–Crippen MR) is 75.2 cm³/mol. The summed E-state index contributed by atoms with van der Waals surface area (Å²) < 4.78 is 5.56. The van der Waals surface area contributed by atoms with E-state index >= 15 is 0 Å². The molecule has 0 aliphatic carbocycles. The smallest absolute Gasteiger partial charge is 0.260 e. The normalized spacial score (nSPS) is 15.4. The molecule has 0 spiro atoms. The number of hydrogen-bond donors (Lipinski definition) is 2. The minimum atomic E-state index is -0.876. The molecule has 0 aromatic heterocycles. The molecule has 0 aliphatic heterocycles. The van der Waals surface area contributed by atoms with Gasteiger partial charge in [0, 0.05) is 6.54 Å². The fourth-order valence-electron chi connectivity index (χ4n) is 1.49. The maximum atomic E-state index is 11.8. The van der Waals surface area contributed by atoms with Crippen LogP contribution in [-0.2, 0) is 4.79 Å². The fraction of sp³-hybridized carbons (Fsp3) is 0.533. The molecule has 0 heterocycles. The standard InChI is InChI=1S/C15H23NO3/c1-5-15(4,18)10-16-14(17)12(3)19-13-8-6-7-11(2)9-13/h6-9,12,18H,5,10H2,1-4H3,(H,16,17). The van der Waals surface area contributed by atoms with Crippen LogP contribution in [0.2, 0.25) is 0 Å². The van der Waals surface area contributed by atoms with Crippen molar-refractivity contribution in [1.29, 1.82) is 0 Å². The molecule has 1 rings (SSSR count). The highest BCUT2D eigenvalue weighted by Crippen LogP contribution is 2.14. The van der Waals surface area contributed by atoms with Gasteiger partial charge in [-0.3, -0.25) is 4.79 Å². The van der Waals surface area contributed by atoms with E-state index in [2.05, 4.69) is 5.32 Å². The highest BCUT2D eigenvalue weighted by molar-refractivity contribution is 5.80. The number of hydrogen-bond acceptors (Lipinski definition) is 3. The molecule has 1 amide bonds. The molecule has 4 heteroatoms. The lowest BCUT2D eigenvalue weighted by Gasteiger charge is -2.23. The van der Waals surface area contributed by atoms with Crippen molar-refractivity contribution in [3.8, 4) is 5.75 Å². The second-order valence-electron chi connectivity index (χ2n) is 5.14. The molecule has 1 aromatic rings. The Labute approximate surface area is 114 Å². The average Bonchev–Trinajstić information content (AvgIpc) is 2.36. The minimum absolute atomic E-state index is 0.226. The van der Waals surface area contributed by atoms with E-state index in [1.807, 2.05) is 38.1 Å². The third kappa shape index (κ3) is 5.30. The van der Waals surface area contributed by atoms with Crippen molar-refractivity contribution in [3.05, 3.63) is 29.8 Å². The van der Waals surface area contributed by atoms with Gasteiger partial charge in [0.2, 0.25) is 0 Å². The maximum absolute atomic E-state index is 11.8. The van der Waals surface area contributed by atoms with Gasteiger partial charge in [0.25, 0.3) is 5.91 Å². The Morgan fingerprint density at radius 3 is 2.79 bits per heavy atom. The van der Waals surface area contributed by atoms with Crippen LogP contribution >= 0.6 is 0 Å².